The number of aromatic nitrogens is 2. The third-order valence-corrected chi connectivity index (χ3v) is 7.82. The molecule has 140 valence electrons. The Kier molecular flexibility index (Phi) is 4.05. The molecule has 0 aliphatic heterocycles. The first-order valence-electron chi connectivity index (χ1n) is 9.99. The minimum Gasteiger partial charge on any atom is -0.390 e. The van der Waals surface area contributed by atoms with Crippen LogP contribution in [0.15, 0.2) is 11.4 Å². The van der Waals surface area contributed by atoms with Gasteiger partial charge in [0.25, 0.3) is 5.91 Å². The third-order valence-electron chi connectivity index (χ3n) is 7.25. The number of aliphatic hydroxyl groups is 1. The summed E-state index contributed by atoms with van der Waals surface area (Å²) in [7, 11) is 0. The number of amides is 1. The number of carbonyl (C=O) groups excluding carboxylic acids is 1. The summed E-state index contributed by atoms with van der Waals surface area (Å²) in [5.74, 6) is 1.90. The van der Waals surface area contributed by atoms with Crippen molar-refractivity contribution in [3.63, 3.8) is 0 Å². The van der Waals surface area contributed by atoms with Gasteiger partial charge in [-0.25, -0.2) is 9.97 Å². The van der Waals surface area contributed by atoms with E-state index in [1.165, 1.54) is 18.2 Å². The molecule has 0 saturated heterocycles. The molecule has 26 heavy (non-hydrogen) atoms. The normalized spacial score (nSPS) is 38.2. The van der Waals surface area contributed by atoms with Crippen LogP contribution in [0, 0.1) is 17.8 Å². The smallest absolute Gasteiger partial charge is 0.254 e. The molecule has 4 bridgehead atoms. The van der Waals surface area contributed by atoms with Crippen LogP contribution >= 0.6 is 11.8 Å². The van der Waals surface area contributed by atoms with E-state index in [1.54, 1.807) is 6.20 Å². The highest BCUT2D eigenvalue weighted by Gasteiger charge is 2.55. The van der Waals surface area contributed by atoms with Crippen LogP contribution in [0.4, 0.5) is 0 Å². The molecule has 5 fully saturated rings. The Morgan fingerprint density at radius 1 is 1.27 bits per heavy atom. The molecule has 3 unspecified atom stereocenters. The van der Waals surface area contributed by atoms with Crippen molar-refractivity contribution in [3.05, 3.63) is 17.5 Å². The van der Waals surface area contributed by atoms with E-state index < -0.39 is 5.60 Å². The summed E-state index contributed by atoms with van der Waals surface area (Å²) in [4.78, 5) is 22.2. The first-order chi connectivity index (χ1) is 12.5. The Hall–Kier alpha value is -1.14. The summed E-state index contributed by atoms with van der Waals surface area (Å²) < 4.78 is 0. The first-order valence-corrected chi connectivity index (χ1v) is 11.2. The topological polar surface area (TPSA) is 75.1 Å². The van der Waals surface area contributed by atoms with Crippen LogP contribution < -0.4 is 5.32 Å². The average Bonchev–Trinajstić information content (AvgIpc) is 2.55. The van der Waals surface area contributed by atoms with Crippen molar-refractivity contribution >= 4 is 17.7 Å². The van der Waals surface area contributed by atoms with Gasteiger partial charge in [-0.05, 0) is 69.0 Å². The molecule has 5 aliphatic carbocycles. The molecule has 1 aromatic heterocycles. The van der Waals surface area contributed by atoms with E-state index in [2.05, 4.69) is 15.3 Å². The average molecular weight is 374 g/mol. The number of hydrogen-bond acceptors (Lipinski definition) is 5. The molecule has 1 heterocycles. The largest absolute Gasteiger partial charge is 0.390 e. The summed E-state index contributed by atoms with van der Waals surface area (Å²) in [5.41, 5.74) is 1.15. The maximum atomic E-state index is 13.1. The van der Waals surface area contributed by atoms with Gasteiger partial charge in [-0.15, -0.1) is 0 Å². The lowest BCUT2D eigenvalue weighted by Gasteiger charge is -2.58. The number of thioether (sulfide) groups is 1. The maximum absolute atomic E-state index is 13.1. The highest BCUT2D eigenvalue weighted by molar-refractivity contribution is 7.98. The van der Waals surface area contributed by atoms with Gasteiger partial charge in [-0.2, -0.15) is 0 Å². The van der Waals surface area contributed by atoms with Gasteiger partial charge in [0.15, 0.2) is 5.16 Å². The standard InChI is InChI=1S/C20H27N3O2S/c1-26-19-21-10-15(17(23-19)12-3-2-4-12)18(24)22-16-13-5-11-6-14(16)9-20(25,7-11)8-13/h10-14,16,25H,2-9H2,1H3,(H,22,24)/t11?,13-,14+,16?,20?. The van der Waals surface area contributed by atoms with Crippen molar-refractivity contribution in [2.45, 2.75) is 74.1 Å². The van der Waals surface area contributed by atoms with Crippen LogP contribution in [0.2, 0.25) is 0 Å². The third kappa shape index (κ3) is 2.76. The van der Waals surface area contributed by atoms with Crippen LogP contribution in [-0.2, 0) is 0 Å². The fraction of sp³-hybridized carbons (Fsp3) is 0.750. The Morgan fingerprint density at radius 2 is 2.00 bits per heavy atom. The highest BCUT2D eigenvalue weighted by Crippen LogP contribution is 2.55. The zero-order valence-electron chi connectivity index (χ0n) is 15.3. The quantitative estimate of drug-likeness (QED) is 0.626. The van der Waals surface area contributed by atoms with Crippen molar-refractivity contribution in [1.82, 2.24) is 15.3 Å². The van der Waals surface area contributed by atoms with E-state index in [4.69, 9.17) is 0 Å². The Balaban J connectivity index is 1.38. The van der Waals surface area contributed by atoms with Crippen LogP contribution in [0.25, 0.3) is 0 Å². The van der Waals surface area contributed by atoms with Gasteiger partial charge in [0.05, 0.1) is 16.9 Å². The van der Waals surface area contributed by atoms with Gasteiger partial charge < -0.3 is 10.4 Å². The van der Waals surface area contributed by atoms with E-state index in [0.29, 0.717) is 29.2 Å². The van der Waals surface area contributed by atoms with E-state index in [-0.39, 0.29) is 11.9 Å². The number of hydrogen-bond donors (Lipinski definition) is 2. The second-order valence-electron chi connectivity index (χ2n) is 8.98. The SMILES string of the molecule is CSc1ncc(C(=O)NC2[C@@H]3CC4C[C@H]2CC(O)(C4)C3)c(C2CCC2)n1. The minimum atomic E-state index is -0.460. The molecule has 6 rings (SSSR count). The van der Waals surface area contributed by atoms with Crippen molar-refractivity contribution in [2.24, 2.45) is 17.8 Å². The molecule has 5 atom stereocenters. The molecular weight excluding hydrogens is 346 g/mol. The van der Waals surface area contributed by atoms with Gasteiger partial charge in [-0.1, -0.05) is 18.2 Å². The maximum Gasteiger partial charge on any atom is 0.254 e. The summed E-state index contributed by atoms with van der Waals surface area (Å²) in [5, 5.41) is 14.8. The molecule has 0 radical (unpaired) electrons. The van der Waals surface area contributed by atoms with Crippen LogP contribution in [0.3, 0.4) is 0 Å². The lowest BCUT2D eigenvalue weighted by Crippen LogP contribution is -2.61. The van der Waals surface area contributed by atoms with Gasteiger partial charge >= 0.3 is 0 Å². The lowest BCUT2D eigenvalue weighted by atomic mass is 9.52. The zero-order valence-corrected chi connectivity index (χ0v) is 16.1. The van der Waals surface area contributed by atoms with Gasteiger partial charge in [0.2, 0.25) is 0 Å². The van der Waals surface area contributed by atoms with Crippen molar-refractivity contribution in [2.75, 3.05) is 6.26 Å². The predicted octanol–water partition coefficient (Wildman–Crippen LogP) is 3.14. The molecule has 0 aromatic carbocycles. The van der Waals surface area contributed by atoms with Crippen LogP contribution in [-0.4, -0.2) is 38.9 Å². The Bertz CT molecular complexity index is 720. The van der Waals surface area contributed by atoms with E-state index in [0.717, 1.165) is 55.8 Å². The summed E-state index contributed by atoms with van der Waals surface area (Å²) in [6.07, 6.45) is 12.1. The molecule has 5 saturated carbocycles. The van der Waals surface area contributed by atoms with E-state index in [1.807, 2.05) is 6.26 Å². The summed E-state index contributed by atoms with van der Waals surface area (Å²) >= 11 is 1.53. The van der Waals surface area contributed by atoms with E-state index in [9.17, 15) is 9.90 Å². The lowest BCUT2D eigenvalue weighted by molar-refractivity contribution is -0.136. The molecule has 6 heteroatoms. The Morgan fingerprint density at radius 3 is 2.58 bits per heavy atom. The number of rotatable bonds is 4. The van der Waals surface area contributed by atoms with Crippen LogP contribution in [0.1, 0.15) is 73.3 Å². The second-order valence-corrected chi connectivity index (χ2v) is 9.75. The molecular formula is C20H27N3O2S. The van der Waals surface area contributed by atoms with Crippen LogP contribution in [0.5, 0.6) is 0 Å². The molecule has 2 N–H and O–H groups in total. The fourth-order valence-electron chi connectivity index (χ4n) is 6.09. The molecule has 5 aliphatic rings. The Labute approximate surface area is 158 Å². The first kappa shape index (κ1) is 17.0. The monoisotopic (exact) mass is 373 g/mol. The molecule has 0 spiro atoms. The van der Waals surface area contributed by atoms with Gasteiger partial charge in [0.1, 0.15) is 0 Å². The van der Waals surface area contributed by atoms with Crippen molar-refractivity contribution < 1.29 is 9.90 Å². The highest BCUT2D eigenvalue weighted by atomic mass is 32.2. The summed E-state index contributed by atoms with van der Waals surface area (Å²) in [6, 6.07) is 0.203. The summed E-state index contributed by atoms with van der Waals surface area (Å²) in [6.45, 7) is 0. The second kappa shape index (κ2) is 6.20. The number of nitrogens with one attached hydrogen (secondary N) is 1. The fourth-order valence-corrected chi connectivity index (χ4v) is 6.44. The van der Waals surface area contributed by atoms with Crippen molar-refractivity contribution in [3.8, 4) is 0 Å². The zero-order chi connectivity index (χ0) is 17.9. The molecule has 1 aromatic rings. The van der Waals surface area contributed by atoms with Gasteiger partial charge in [-0.3, -0.25) is 4.79 Å². The van der Waals surface area contributed by atoms with Gasteiger partial charge in [0, 0.05) is 18.2 Å². The number of carbonyl (C=O) groups is 1. The predicted molar refractivity (Wildman–Crippen MR) is 100 cm³/mol. The molecule has 1 amide bonds. The molecule has 5 nitrogen and oxygen atoms in total. The number of nitrogens with zero attached hydrogens (tertiary/aromatic N) is 2. The van der Waals surface area contributed by atoms with Crippen molar-refractivity contribution in [1.29, 1.82) is 0 Å². The minimum absolute atomic E-state index is 0.0102. The van der Waals surface area contributed by atoms with E-state index >= 15 is 0 Å².